The number of methoxy groups -OCH3 is 1. The van der Waals surface area contributed by atoms with Gasteiger partial charge in [0, 0.05) is 22.9 Å². The molecule has 0 spiro atoms. The number of rotatable bonds is 5. The van der Waals surface area contributed by atoms with E-state index in [2.05, 4.69) is 20.3 Å². The normalized spacial score (nSPS) is 11.7. The molecule has 7 heteroatoms. The van der Waals surface area contributed by atoms with Crippen LogP contribution in [0.1, 0.15) is 17.2 Å². The van der Waals surface area contributed by atoms with Crippen molar-refractivity contribution in [3.8, 4) is 11.3 Å². The topological polar surface area (TPSA) is 90.1 Å². The van der Waals surface area contributed by atoms with Crippen LogP contribution < -0.4 is 11.1 Å². The van der Waals surface area contributed by atoms with Gasteiger partial charge in [0.05, 0.1) is 12.8 Å². The monoisotopic (exact) mass is 382 g/mol. The van der Waals surface area contributed by atoms with E-state index in [1.807, 2.05) is 48.5 Å². The average molecular weight is 383 g/mol. The van der Waals surface area contributed by atoms with Gasteiger partial charge in [-0.2, -0.15) is 0 Å². The number of hydrogen-bond acceptors (Lipinski definition) is 5. The molecule has 1 atom stereocenters. The van der Waals surface area contributed by atoms with Gasteiger partial charge in [0.15, 0.2) is 5.15 Å². The van der Waals surface area contributed by atoms with Crippen LogP contribution in [0.2, 0.25) is 5.15 Å². The standard InChI is InChI=1S/C20H19ClN4O2/c1-27-20(26)23-15-9-7-14(8-10-15)18-12-16(19(21)25-24-18)17(22)11-13-5-3-2-4-6-13/h2-10,12,17H,11,22H2,1H3,(H,23,26). The van der Waals surface area contributed by atoms with Crippen LogP contribution >= 0.6 is 11.6 Å². The first-order valence-electron chi connectivity index (χ1n) is 8.35. The molecule has 0 aliphatic heterocycles. The Bertz CT molecular complexity index is 917. The molecule has 1 aromatic heterocycles. The van der Waals surface area contributed by atoms with Crippen molar-refractivity contribution in [1.29, 1.82) is 0 Å². The molecule has 3 N–H and O–H groups in total. The predicted molar refractivity (Wildman–Crippen MR) is 106 cm³/mol. The lowest BCUT2D eigenvalue weighted by molar-refractivity contribution is 0.187. The van der Waals surface area contributed by atoms with Crippen molar-refractivity contribution in [2.75, 3.05) is 12.4 Å². The number of ether oxygens (including phenoxy) is 1. The lowest BCUT2D eigenvalue weighted by Gasteiger charge is -2.14. The summed E-state index contributed by atoms with van der Waals surface area (Å²) < 4.78 is 4.57. The molecule has 1 heterocycles. The maximum Gasteiger partial charge on any atom is 0.411 e. The largest absolute Gasteiger partial charge is 0.453 e. The zero-order valence-corrected chi connectivity index (χ0v) is 15.5. The molecule has 1 unspecified atom stereocenters. The van der Waals surface area contributed by atoms with E-state index in [4.69, 9.17) is 17.3 Å². The lowest BCUT2D eigenvalue weighted by atomic mass is 10.00. The van der Waals surface area contributed by atoms with Crippen LogP contribution in [-0.4, -0.2) is 23.4 Å². The van der Waals surface area contributed by atoms with Gasteiger partial charge in [0.2, 0.25) is 0 Å². The van der Waals surface area contributed by atoms with Crippen molar-refractivity contribution >= 4 is 23.4 Å². The van der Waals surface area contributed by atoms with Crippen molar-refractivity contribution in [2.45, 2.75) is 12.5 Å². The third kappa shape index (κ3) is 4.81. The van der Waals surface area contributed by atoms with Gasteiger partial charge in [-0.1, -0.05) is 54.1 Å². The first kappa shape index (κ1) is 18.8. The lowest BCUT2D eigenvalue weighted by Crippen LogP contribution is -2.15. The molecule has 3 rings (SSSR count). The Morgan fingerprint density at radius 3 is 2.52 bits per heavy atom. The van der Waals surface area contributed by atoms with E-state index < -0.39 is 6.09 Å². The number of amides is 1. The SMILES string of the molecule is COC(=O)Nc1ccc(-c2cc(C(N)Cc3ccccc3)c(Cl)nn2)cc1. The fourth-order valence-electron chi connectivity index (χ4n) is 2.66. The minimum absolute atomic E-state index is 0.297. The summed E-state index contributed by atoms with van der Waals surface area (Å²) in [5.41, 5.74) is 10.3. The molecule has 0 saturated heterocycles. The highest BCUT2D eigenvalue weighted by Gasteiger charge is 2.15. The van der Waals surface area contributed by atoms with Gasteiger partial charge in [-0.05, 0) is 30.2 Å². The van der Waals surface area contributed by atoms with Crippen molar-refractivity contribution < 1.29 is 9.53 Å². The first-order valence-corrected chi connectivity index (χ1v) is 8.72. The Labute approximate surface area is 162 Å². The molecule has 3 aromatic rings. The van der Waals surface area contributed by atoms with Crippen LogP contribution in [0.3, 0.4) is 0 Å². The third-order valence-corrected chi connectivity index (χ3v) is 4.38. The molecule has 0 saturated carbocycles. The predicted octanol–water partition coefficient (Wildman–Crippen LogP) is 4.22. The summed E-state index contributed by atoms with van der Waals surface area (Å²) in [4.78, 5) is 11.3. The van der Waals surface area contributed by atoms with E-state index >= 15 is 0 Å². The Hall–Kier alpha value is -2.96. The molecule has 2 aromatic carbocycles. The second-order valence-corrected chi connectivity index (χ2v) is 6.32. The number of benzene rings is 2. The van der Waals surface area contributed by atoms with Crippen molar-refractivity contribution in [3.05, 3.63) is 76.9 Å². The summed E-state index contributed by atoms with van der Waals surface area (Å²) in [6.07, 6.45) is 0.122. The zero-order chi connectivity index (χ0) is 19.2. The number of anilines is 1. The van der Waals surface area contributed by atoms with Gasteiger partial charge in [-0.15, -0.1) is 10.2 Å². The second kappa shape index (κ2) is 8.62. The van der Waals surface area contributed by atoms with Crippen LogP contribution in [-0.2, 0) is 11.2 Å². The van der Waals surface area contributed by atoms with E-state index in [-0.39, 0.29) is 6.04 Å². The number of nitrogens with zero attached hydrogens (tertiary/aromatic N) is 2. The highest BCUT2D eigenvalue weighted by molar-refractivity contribution is 6.30. The molecular formula is C20H19ClN4O2. The average Bonchev–Trinajstić information content (AvgIpc) is 2.69. The van der Waals surface area contributed by atoms with Crippen LogP contribution in [0.4, 0.5) is 10.5 Å². The number of carbonyl (C=O) groups is 1. The Balaban J connectivity index is 1.81. The number of aromatic nitrogens is 2. The van der Waals surface area contributed by atoms with E-state index in [1.54, 1.807) is 12.1 Å². The van der Waals surface area contributed by atoms with Crippen LogP contribution in [0, 0.1) is 0 Å². The molecule has 27 heavy (non-hydrogen) atoms. The van der Waals surface area contributed by atoms with Gasteiger partial charge in [-0.3, -0.25) is 5.32 Å². The summed E-state index contributed by atoms with van der Waals surface area (Å²) in [5.74, 6) is 0. The van der Waals surface area contributed by atoms with Crippen molar-refractivity contribution in [3.63, 3.8) is 0 Å². The maximum absolute atomic E-state index is 11.3. The molecule has 6 nitrogen and oxygen atoms in total. The maximum atomic E-state index is 11.3. The molecular weight excluding hydrogens is 364 g/mol. The number of nitrogens with one attached hydrogen (secondary N) is 1. The third-order valence-electron chi connectivity index (χ3n) is 4.09. The fraction of sp³-hybridized carbons (Fsp3) is 0.150. The van der Waals surface area contributed by atoms with Gasteiger partial charge in [0.25, 0.3) is 0 Å². The number of carbonyl (C=O) groups excluding carboxylic acids is 1. The molecule has 0 fully saturated rings. The van der Waals surface area contributed by atoms with Crippen molar-refractivity contribution in [2.24, 2.45) is 5.73 Å². The minimum atomic E-state index is -0.525. The quantitative estimate of drug-likeness (QED) is 0.689. The number of nitrogens with two attached hydrogens (primary N) is 1. The molecule has 0 bridgehead atoms. The summed E-state index contributed by atoms with van der Waals surface area (Å²) in [5, 5.41) is 11.1. The minimum Gasteiger partial charge on any atom is -0.453 e. The second-order valence-electron chi connectivity index (χ2n) is 5.97. The molecule has 1 amide bonds. The van der Waals surface area contributed by atoms with E-state index in [1.165, 1.54) is 7.11 Å². The van der Waals surface area contributed by atoms with Crippen LogP contribution in [0.5, 0.6) is 0 Å². The van der Waals surface area contributed by atoms with Gasteiger partial charge < -0.3 is 10.5 Å². The Morgan fingerprint density at radius 1 is 1.15 bits per heavy atom. The highest BCUT2D eigenvalue weighted by Crippen LogP contribution is 2.27. The number of hydrogen-bond donors (Lipinski definition) is 2. The smallest absolute Gasteiger partial charge is 0.411 e. The summed E-state index contributed by atoms with van der Waals surface area (Å²) in [7, 11) is 1.31. The zero-order valence-electron chi connectivity index (χ0n) is 14.7. The van der Waals surface area contributed by atoms with Crippen LogP contribution in [0.15, 0.2) is 60.7 Å². The first-order chi connectivity index (χ1) is 13.1. The Kier molecular flexibility index (Phi) is 6.01. The van der Waals surface area contributed by atoms with Crippen molar-refractivity contribution in [1.82, 2.24) is 10.2 Å². The molecule has 0 aliphatic carbocycles. The fourth-order valence-corrected chi connectivity index (χ4v) is 2.90. The van der Waals surface area contributed by atoms with Crippen LogP contribution in [0.25, 0.3) is 11.3 Å². The van der Waals surface area contributed by atoms with Gasteiger partial charge >= 0.3 is 6.09 Å². The highest BCUT2D eigenvalue weighted by atomic mass is 35.5. The van der Waals surface area contributed by atoms with E-state index in [9.17, 15) is 4.79 Å². The van der Waals surface area contributed by atoms with Gasteiger partial charge in [-0.25, -0.2) is 4.79 Å². The summed E-state index contributed by atoms with van der Waals surface area (Å²) >= 11 is 6.23. The Morgan fingerprint density at radius 2 is 1.85 bits per heavy atom. The molecule has 138 valence electrons. The molecule has 0 radical (unpaired) electrons. The van der Waals surface area contributed by atoms with Gasteiger partial charge in [0.1, 0.15) is 0 Å². The molecule has 0 aliphatic rings. The summed E-state index contributed by atoms with van der Waals surface area (Å²) in [6.45, 7) is 0. The number of halogens is 1. The van der Waals surface area contributed by atoms with E-state index in [0.717, 1.165) is 16.7 Å². The van der Waals surface area contributed by atoms with E-state index in [0.29, 0.717) is 23.0 Å². The summed E-state index contributed by atoms with van der Waals surface area (Å²) in [6, 6.07) is 18.7.